The molecule has 0 aliphatic heterocycles. The molecule has 27 heavy (non-hydrogen) atoms. The van der Waals surface area contributed by atoms with Gasteiger partial charge in [-0.25, -0.2) is 0 Å². The molecular weight excluding hydrogens is 340 g/mol. The van der Waals surface area contributed by atoms with Crippen LogP contribution in [0.15, 0.2) is 77.4 Å². The summed E-state index contributed by atoms with van der Waals surface area (Å²) in [5.41, 5.74) is 4.12. The van der Waals surface area contributed by atoms with Gasteiger partial charge in [0.25, 0.3) is 5.89 Å². The smallest absolute Gasteiger partial charge is 0.258 e. The quantitative estimate of drug-likeness (QED) is 0.520. The summed E-state index contributed by atoms with van der Waals surface area (Å²) in [6.45, 7) is 1.97. The zero-order valence-corrected chi connectivity index (χ0v) is 14.7. The molecule has 4 rings (SSSR count). The van der Waals surface area contributed by atoms with Gasteiger partial charge in [0.2, 0.25) is 5.82 Å². The monoisotopic (exact) mass is 358 g/mol. The molecule has 0 fully saturated rings. The number of benzene rings is 2. The van der Waals surface area contributed by atoms with Crippen molar-refractivity contribution in [2.75, 3.05) is 5.32 Å². The summed E-state index contributed by atoms with van der Waals surface area (Å²) in [4.78, 5) is 8.61. The number of anilines is 1. The second-order valence-electron chi connectivity index (χ2n) is 6.12. The van der Waals surface area contributed by atoms with Gasteiger partial charge in [0.1, 0.15) is 5.69 Å². The molecule has 6 heteroatoms. The molecule has 0 saturated heterocycles. The highest BCUT2D eigenvalue weighted by Gasteiger charge is 2.12. The van der Waals surface area contributed by atoms with E-state index >= 15 is 0 Å². The lowest BCUT2D eigenvalue weighted by atomic mass is 10.1. The maximum Gasteiger partial charge on any atom is 0.258 e. The van der Waals surface area contributed by atoms with Gasteiger partial charge in [-0.15, -0.1) is 0 Å². The van der Waals surface area contributed by atoms with Crippen LogP contribution < -0.4 is 5.32 Å². The molecule has 4 aromatic rings. The van der Waals surface area contributed by atoms with E-state index in [1.165, 1.54) is 0 Å². The summed E-state index contributed by atoms with van der Waals surface area (Å²) in [5.74, 6) is 0.865. The third kappa shape index (κ3) is 3.70. The highest BCUT2D eigenvalue weighted by Crippen LogP contribution is 2.25. The van der Waals surface area contributed by atoms with Crippen LogP contribution in [0, 0.1) is 6.92 Å². The molecule has 6 nitrogen and oxygen atoms in total. The Labute approximate surface area is 156 Å². The largest absolute Gasteiger partial charge is 0.369 e. The molecule has 134 valence electrons. The zero-order chi connectivity index (χ0) is 18.6. The van der Waals surface area contributed by atoms with Gasteiger partial charge in [-0.3, -0.25) is 4.98 Å². The summed E-state index contributed by atoms with van der Waals surface area (Å²) in [7, 11) is 0. The van der Waals surface area contributed by atoms with Gasteiger partial charge in [0, 0.05) is 23.0 Å². The molecule has 2 aromatic heterocycles. The minimum absolute atomic E-state index is 0.418. The first kappa shape index (κ1) is 16.9. The maximum absolute atomic E-state index is 10.4. The van der Waals surface area contributed by atoms with Gasteiger partial charge in [0.05, 0.1) is 0 Å². The molecule has 0 radical (unpaired) electrons. The van der Waals surface area contributed by atoms with Crippen LogP contribution in [0.5, 0.6) is 0 Å². The Bertz CT molecular complexity index is 1030. The number of aromatic nitrogens is 3. The molecule has 0 saturated carbocycles. The van der Waals surface area contributed by atoms with Crippen LogP contribution >= 0.6 is 0 Å². The number of hydrogen-bond donors (Lipinski definition) is 2. The van der Waals surface area contributed by atoms with Gasteiger partial charge in [-0.2, -0.15) is 4.98 Å². The van der Waals surface area contributed by atoms with E-state index in [1.807, 2.05) is 73.7 Å². The molecular formula is C21H18N4O2. The maximum atomic E-state index is 10.4. The zero-order valence-electron chi connectivity index (χ0n) is 14.7. The summed E-state index contributed by atoms with van der Waals surface area (Å²) in [6.07, 6.45) is 0.905. The van der Waals surface area contributed by atoms with E-state index in [0.717, 1.165) is 22.4 Å². The van der Waals surface area contributed by atoms with Crippen LogP contribution in [-0.4, -0.2) is 20.2 Å². The minimum Gasteiger partial charge on any atom is -0.369 e. The van der Waals surface area contributed by atoms with Gasteiger partial charge >= 0.3 is 0 Å². The molecule has 0 amide bonds. The van der Waals surface area contributed by atoms with Crippen LogP contribution in [0.25, 0.3) is 23.0 Å². The molecule has 2 aromatic carbocycles. The van der Waals surface area contributed by atoms with Crippen molar-refractivity contribution in [2.45, 2.75) is 13.2 Å². The van der Waals surface area contributed by atoms with Gasteiger partial charge in [-0.05, 0) is 48.9 Å². The first-order valence-corrected chi connectivity index (χ1v) is 8.56. The number of nitrogens with one attached hydrogen (secondary N) is 1. The number of aliphatic hydroxyl groups excluding tert-OH is 1. The topological polar surface area (TPSA) is 84.1 Å². The predicted octanol–water partition coefficient (Wildman–Crippen LogP) is 4.21. The number of hydrogen-bond acceptors (Lipinski definition) is 6. The predicted molar refractivity (Wildman–Crippen MR) is 103 cm³/mol. The van der Waals surface area contributed by atoms with E-state index in [1.54, 1.807) is 6.20 Å². The Morgan fingerprint density at radius 1 is 0.963 bits per heavy atom. The van der Waals surface area contributed by atoms with Crippen LogP contribution in [0.4, 0.5) is 5.69 Å². The number of pyridine rings is 1. The summed E-state index contributed by atoms with van der Waals surface area (Å²) >= 11 is 0. The summed E-state index contributed by atoms with van der Waals surface area (Å²) in [6, 6.07) is 20.7. The normalized spacial score (nSPS) is 11.9. The Balaban J connectivity index is 1.50. The van der Waals surface area contributed by atoms with Gasteiger partial charge in [0.15, 0.2) is 6.23 Å². The summed E-state index contributed by atoms with van der Waals surface area (Å²) < 4.78 is 5.34. The third-order valence-electron chi connectivity index (χ3n) is 4.24. The van der Waals surface area contributed by atoms with Crippen molar-refractivity contribution in [3.05, 3.63) is 84.1 Å². The Hall–Kier alpha value is -3.51. The molecule has 2 heterocycles. The van der Waals surface area contributed by atoms with Crippen molar-refractivity contribution in [3.8, 4) is 23.0 Å². The second kappa shape index (κ2) is 7.39. The Morgan fingerprint density at radius 2 is 1.74 bits per heavy atom. The van der Waals surface area contributed by atoms with E-state index in [2.05, 4.69) is 20.4 Å². The lowest BCUT2D eigenvalue weighted by Crippen LogP contribution is -2.10. The standard InChI is InChI=1S/C21H18N4O2/c1-14-6-2-3-7-17(14)20(26)23-16-11-9-15(10-12-16)21-24-19(25-27-21)18-8-4-5-13-22-18/h2-13,20,23,26H,1H3. The molecule has 0 bridgehead atoms. The average Bonchev–Trinajstić information content (AvgIpc) is 3.20. The first-order valence-electron chi connectivity index (χ1n) is 8.56. The number of aryl methyl sites for hydroxylation is 1. The van der Waals surface area contributed by atoms with Crippen molar-refractivity contribution in [1.82, 2.24) is 15.1 Å². The second-order valence-corrected chi connectivity index (χ2v) is 6.12. The number of rotatable bonds is 5. The molecule has 2 N–H and O–H groups in total. The highest BCUT2D eigenvalue weighted by molar-refractivity contribution is 5.61. The van der Waals surface area contributed by atoms with Crippen LogP contribution in [-0.2, 0) is 0 Å². The van der Waals surface area contributed by atoms with E-state index in [4.69, 9.17) is 4.52 Å². The molecule has 0 aliphatic carbocycles. The molecule has 1 unspecified atom stereocenters. The molecule has 0 spiro atoms. The number of nitrogens with zero attached hydrogens (tertiary/aromatic N) is 3. The fraction of sp³-hybridized carbons (Fsp3) is 0.0952. The van der Waals surface area contributed by atoms with Crippen molar-refractivity contribution >= 4 is 5.69 Å². The Morgan fingerprint density at radius 3 is 2.48 bits per heavy atom. The molecule has 0 aliphatic rings. The SMILES string of the molecule is Cc1ccccc1C(O)Nc1ccc(-c2nc(-c3ccccn3)no2)cc1. The van der Waals surface area contributed by atoms with Crippen molar-refractivity contribution < 1.29 is 9.63 Å². The van der Waals surface area contributed by atoms with E-state index < -0.39 is 6.23 Å². The van der Waals surface area contributed by atoms with E-state index in [9.17, 15) is 5.11 Å². The highest BCUT2D eigenvalue weighted by atomic mass is 16.5. The van der Waals surface area contributed by atoms with Crippen molar-refractivity contribution in [3.63, 3.8) is 0 Å². The van der Waals surface area contributed by atoms with Gasteiger partial charge in [-0.1, -0.05) is 35.5 Å². The lowest BCUT2D eigenvalue weighted by Gasteiger charge is -2.16. The van der Waals surface area contributed by atoms with Crippen LogP contribution in [0.2, 0.25) is 0 Å². The van der Waals surface area contributed by atoms with Crippen molar-refractivity contribution in [1.29, 1.82) is 0 Å². The van der Waals surface area contributed by atoms with Crippen LogP contribution in [0.1, 0.15) is 17.4 Å². The minimum atomic E-state index is -0.781. The van der Waals surface area contributed by atoms with Gasteiger partial charge < -0.3 is 14.9 Å². The number of aliphatic hydroxyl groups is 1. The van der Waals surface area contributed by atoms with Crippen molar-refractivity contribution in [2.24, 2.45) is 0 Å². The Kier molecular flexibility index (Phi) is 4.63. The fourth-order valence-electron chi connectivity index (χ4n) is 2.78. The average molecular weight is 358 g/mol. The van der Waals surface area contributed by atoms with E-state index in [0.29, 0.717) is 17.4 Å². The fourth-order valence-corrected chi connectivity index (χ4v) is 2.78. The third-order valence-corrected chi connectivity index (χ3v) is 4.24. The lowest BCUT2D eigenvalue weighted by molar-refractivity contribution is 0.207. The summed E-state index contributed by atoms with van der Waals surface area (Å²) in [5, 5.41) is 17.5. The van der Waals surface area contributed by atoms with E-state index in [-0.39, 0.29) is 0 Å². The van der Waals surface area contributed by atoms with Crippen LogP contribution in [0.3, 0.4) is 0 Å². The first-order chi connectivity index (χ1) is 13.2. The molecule has 1 atom stereocenters.